The van der Waals surface area contributed by atoms with Crippen LogP contribution < -0.4 is 5.32 Å². The van der Waals surface area contributed by atoms with Crippen LogP contribution in [-0.2, 0) is 6.54 Å². The lowest BCUT2D eigenvalue weighted by molar-refractivity contribution is 0.0789. The van der Waals surface area contributed by atoms with Crippen molar-refractivity contribution in [1.82, 2.24) is 24.4 Å². The molecule has 0 saturated carbocycles. The molecule has 7 nitrogen and oxygen atoms in total. The van der Waals surface area contributed by atoms with E-state index >= 15 is 0 Å². The molecule has 3 aromatic rings. The van der Waals surface area contributed by atoms with Gasteiger partial charge in [-0.25, -0.2) is 15.0 Å². The second-order valence-electron chi connectivity index (χ2n) is 5.76. The van der Waals surface area contributed by atoms with E-state index in [9.17, 15) is 4.79 Å². The van der Waals surface area contributed by atoms with Gasteiger partial charge in [-0.15, -0.1) is 11.3 Å². The number of hydrogen-bond acceptors (Lipinski definition) is 6. The number of amides is 1. The summed E-state index contributed by atoms with van der Waals surface area (Å²) in [6, 6.07) is 1.93. The molecule has 0 unspecified atom stereocenters. The summed E-state index contributed by atoms with van der Waals surface area (Å²) < 4.78 is 2.85. The number of likely N-dealkylation sites (tertiary alicyclic amines) is 1. The van der Waals surface area contributed by atoms with Crippen molar-refractivity contribution in [3.63, 3.8) is 0 Å². The van der Waals surface area contributed by atoms with Gasteiger partial charge in [0.05, 0.1) is 16.5 Å². The molecule has 1 N–H and O–H groups in total. The smallest absolute Gasteiger partial charge is 0.274 e. The standard InChI is InChI=1S/C16H18N6OS/c23-15(22-6-1-2-7-22)13-14-12(3-10-24-14)19-16(20-13)18-5-9-21-8-4-17-11-21/h3-4,8,10-11H,1-2,5-7,9H2,(H,18,19,20). The van der Waals surface area contributed by atoms with Gasteiger partial charge in [-0.05, 0) is 24.3 Å². The van der Waals surface area contributed by atoms with Crippen LogP contribution in [0.1, 0.15) is 23.3 Å². The monoisotopic (exact) mass is 342 g/mol. The van der Waals surface area contributed by atoms with Crippen molar-refractivity contribution in [2.75, 3.05) is 25.0 Å². The van der Waals surface area contributed by atoms with Crippen molar-refractivity contribution in [2.45, 2.75) is 19.4 Å². The SMILES string of the molecule is O=C(c1nc(NCCn2ccnc2)nc2ccsc12)N1CCCC1. The number of nitrogens with one attached hydrogen (secondary N) is 1. The molecule has 124 valence electrons. The minimum Gasteiger partial charge on any atom is -0.352 e. The third-order valence-electron chi connectivity index (χ3n) is 4.11. The molecule has 1 amide bonds. The van der Waals surface area contributed by atoms with Crippen molar-refractivity contribution in [3.8, 4) is 0 Å². The third kappa shape index (κ3) is 2.96. The van der Waals surface area contributed by atoms with Gasteiger partial charge in [0.15, 0.2) is 5.69 Å². The topological polar surface area (TPSA) is 75.9 Å². The van der Waals surface area contributed by atoms with E-state index in [-0.39, 0.29) is 5.91 Å². The third-order valence-corrected chi connectivity index (χ3v) is 5.02. The summed E-state index contributed by atoms with van der Waals surface area (Å²) in [6.07, 6.45) is 7.57. The molecule has 1 aliphatic heterocycles. The molecule has 4 rings (SSSR count). The number of rotatable bonds is 5. The van der Waals surface area contributed by atoms with E-state index in [4.69, 9.17) is 0 Å². The fourth-order valence-electron chi connectivity index (χ4n) is 2.87. The van der Waals surface area contributed by atoms with E-state index in [0.29, 0.717) is 18.2 Å². The maximum absolute atomic E-state index is 12.8. The number of nitrogens with zero attached hydrogens (tertiary/aromatic N) is 5. The van der Waals surface area contributed by atoms with Gasteiger partial charge in [-0.2, -0.15) is 0 Å². The Morgan fingerprint density at radius 3 is 2.96 bits per heavy atom. The Bertz CT molecular complexity index is 838. The Hall–Kier alpha value is -2.48. The average molecular weight is 342 g/mol. The molecule has 4 heterocycles. The Kier molecular flexibility index (Phi) is 4.12. The van der Waals surface area contributed by atoms with Crippen LogP contribution in [0.4, 0.5) is 5.95 Å². The summed E-state index contributed by atoms with van der Waals surface area (Å²) in [5, 5.41) is 5.17. The molecule has 0 bridgehead atoms. The summed E-state index contributed by atoms with van der Waals surface area (Å²) in [6.45, 7) is 3.07. The summed E-state index contributed by atoms with van der Waals surface area (Å²) in [5.74, 6) is 0.517. The molecule has 1 aliphatic rings. The highest BCUT2D eigenvalue weighted by Gasteiger charge is 2.24. The van der Waals surface area contributed by atoms with E-state index in [2.05, 4.69) is 20.3 Å². The molecule has 24 heavy (non-hydrogen) atoms. The number of thiophene rings is 1. The van der Waals surface area contributed by atoms with Crippen LogP contribution in [-0.4, -0.2) is 50.0 Å². The van der Waals surface area contributed by atoms with Crippen LogP contribution in [0.15, 0.2) is 30.2 Å². The summed E-state index contributed by atoms with van der Waals surface area (Å²) in [4.78, 5) is 27.7. The molecule has 0 spiro atoms. The van der Waals surface area contributed by atoms with Crippen LogP contribution in [0.5, 0.6) is 0 Å². The molecular formula is C16H18N6OS. The number of anilines is 1. The van der Waals surface area contributed by atoms with Gasteiger partial charge in [0.1, 0.15) is 0 Å². The lowest BCUT2D eigenvalue weighted by Gasteiger charge is -2.15. The van der Waals surface area contributed by atoms with Crippen LogP contribution in [0.3, 0.4) is 0 Å². The van der Waals surface area contributed by atoms with Crippen molar-refractivity contribution in [2.24, 2.45) is 0 Å². The Morgan fingerprint density at radius 1 is 1.29 bits per heavy atom. The van der Waals surface area contributed by atoms with Gasteiger partial charge in [-0.3, -0.25) is 4.79 Å². The lowest BCUT2D eigenvalue weighted by Crippen LogP contribution is -2.28. The van der Waals surface area contributed by atoms with Crippen LogP contribution >= 0.6 is 11.3 Å². The van der Waals surface area contributed by atoms with Gasteiger partial charge in [0.25, 0.3) is 5.91 Å². The highest BCUT2D eigenvalue weighted by molar-refractivity contribution is 7.17. The second-order valence-corrected chi connectivity index (χ2v) is 6.67. The molecule has 0 atom stereocenters. The predicted octanol–water partition coefficient (Wildman–Crippen LogP) is 2.24. The molecule has 8 heteroatoms. The quantitative estimate of drug-likeness (QED) is 0.769. The van der Waals surface area contributed by atoms with Gasteiger partial charge in [0, 0.05) is 38.6 Å². The van der Waals surface area contributed by atoms with Crippen LogP contribution in [0.25, 0.3) is 10.2 Å². The Labute approximate surface area is 143 Å². The van der Waals surface area contributed by atoms with Gasteiger partial charge >= 0.3 is 0 Å². The highest BCUT2D eigenvalue weighted by Crippen LogP contribution is 2.25. The van der Waals surface area contributed by atoms with E-state index < -0.39 is 0 Å². The maximum atomic E-state index is 12.8. The normalized spacial score (nSPS) is 14.4. The first-order valence-electron chi connectivity index (χ1n) is 8.05. The molecule has 0 aliphatic carbocycles. The van der Waals surface area contributed by atoms with E-state index in [0.717, 1.165) is 42.7 Å². The zero-order chi connectivity index (χ0) is 16.4. The maximum Gasteiger partial charge on any atom is 0.274 e. The van der Waals surface area contributed by atoms with Crippen molar-refractivity contribution >= 4 is 33.4 Å². The fraction of sp³-hybridized carbons (Fsp3) is 0.375. The summed E-state index contributed by atoms with van der Waals surface area (Å²) >= 11 is 1.52. The van der Waals surface area contributed by atoms with Crippen LogP contribution in [0.2, 0.25) is 0 Å². The molecule has 0 radical (unpaired) electrons. The number of carbonyl (C=O) groups excluding carboxylic acids is 1. The predicted molar refractivity (Wildman–Crippen MR) is 93.3 cm³/mol. The van der Waals surface area contributed by atoms with E-state index in [1.54, 1.807) is 12.5 Å². The number of aromatic nitrogens is 4. The van der Waals surface area contributed by atoms with Crippen LogP contribution in [0, 0.1) is 0 Å². The zero-order valence-corrected chi connectivity index (χ0v) is 14.0. The van der Waals surface area contributed by atoms with Crippen molar-refractivity contribution < 1.29 is 4.79 Å². The largest absolute Gasteiger partial charge is 0.352 e. The van der Waals surface area contributed by atoms with Gasteiger partial charge < -0.3 is 14.8 Å². The van der Waals surface area contributed by atoms with E-state index in [1.807, 2.05) is 27.1 Å². The second kappa shape index (κ2) is 6.56. The summed E-state index contributed by atoms with van der Waals surface area (Å²) in [5.41, 5.74) is 1.34. The number of imidazole rings is 1. The Morgan fingerprint density at radius 2 is 2.17 bits per heavy atom. The highest BCUT2D eigenvalue weighted by atomic mass is 32.1. The molecular weight excluding hydrogens is 324 g/mol. The minimum absolute atomic E-state index is 0.0139. The fourth-order valence-corrected chi connectivity index (χ4v) is 3.69. The first kappa shape index (κ1) is 15.1. The number of hydrogen-bond donors (Lipinski definition) is 1. The summed E-state index contributed by atoms with van der Waals surface area (Å²) in [7, 11) is 0. The first-order chi connectivity index (χ1) is 11.8. The van der Waals surface area contributed by atoms with E-state index in [1.165, 1.54) is 11.3 Å². The zero-order valence-electron chi connectivity index (χ0n) is 13.2. The Balaban J connectivity index is 1.56. The number of fused-ring (bicyclic) bond motifs is 1. The molecule has 1 saturated heterocycles. The average Bonchev–Trinajstić information content (AvgIpc) is 3.34. The molecule has 0 aromatic carbocycles. The molecule has 1 fully saturated rings. The number of carbonyl (C=O) groups is 1. The lowest BCUT2D eigenvalue weighted by atomic mass is 10.3. The first-order valence-corrected chi connectivity index (χ1v) is 8.93. The van der Waals surface area contributed by atoms with Crippen molar-refractivity contribution in [1.29, 1.82) is 0 Å². The van der Waals surface area contributed by atoms with Crippen molar-refractivity contribution in [3.05, 3.63) is 35.9 Å². The van der Waals surface area contributed by atoms with Gasteiger partial charge in [-0.1, -0.05) is 0 Å². The van der Waals surface area contributed by atoms with Gasteiger partial charge in [0.2, 0.25) is 5.95 Å². The minimum atomic E-state index is 0.0139. The molecule has 3 aromatic heterocycles.